The van der Waals surface area contributed by atoms with Gasteiger partial charge in [-0.2, -0.15) is 0 Å². The van der Waals surface area contributed by atoms with Gasteiger partial charge >= 0.3 is 0 Å². The lowest BCUT2D eigenvalue weighted by atomic mass is 9.85. The van der Waals surface area contributed by atoms with E-state index in [2.05, 4.69) is 35.3 Å². The molecule has 5 aromatic rings. The molecule has 4 aromatic carbocycles. The number of nitrogens with zero attached hydrogens (tertiary/aromatic N) is 2. The lowest BCUT2D eigenvalue weighted by Gasteiger charge is -2.47. The maximum atomic E-state index is 14.4. The molecule has 0 spiro atoms. The molecule has 0 bridgehead atoms. The minimum Gasteiger partial charge on any atom is -0.496 e. The Hall–Kier alpha value is -4.84. The highest BCUT2D eigenvalue weighted by atomic mass is 16.5. The van der Waals surface area contributed by atoms with E-state index < -0.39 is 12.1 Å². The normalized spacial score (nSPS) is 18.5. The monoisotopic (exact) mass is 541 g/mol. The van der Waals surface area contributed by atoms with Gasteiger partial charge in [-0.1, -0.05) is 97.1 Å². The van der Waals surface area contributed by atoms with E-state index >= 15 is 0 Å². The summed E-state index contributed by atoms with van der Waals surface area (Å²) in [4.78, 5) is 35.7. The Kier molecular flexibility index (Phi) is 6.31. The van der Waals surface area contributed by atoms with Gasteiger partial charge in [0.15, 0.2) is 0 Å². The number of carbonyl (C=O) groups is 2. The van der Waals surface area contributed by atoms with Crippen LogP contribution in [-0.4, -0.2) is 52.8 Å². The number of rotatable bonds is 6. The first-order chi connectivity index (χ1) is 20.1. The molecule has 2 aliphatic heterocycles. The van der Waals surface area contributed by atoms with Gasteiger partial charge in [-0.15, -0.1) is 0 Å². The summed E-state index contributed by atoms with van der Waals surface area (Å²) in [5.74, 6) is 0.573. The topological polar surface area (TPSA) is 65.6 Å². The number of carbonyl (C=O) groups excluding carboxylic acids is 2. The molecule has 41 heavy (non-hydrogen) atoms. The van der Waals surface area contributed by atoms with Gasteiger partial charge in [0, 0.05) is 41.0 Å². The molecule has 7 rings (SSSR count). The van der Waals surface area contributed by atoms with Crippen LogP contribution < -0.4 is 4.74 Å². The largest absolute Gasteiger partial charge is 0.496 e. The predicted octanol–water partition coefficient (Wildman–Crippen LogP) is 5.69. The fourth-order valence-corrected chi connectivity index (χ4v) is 6.69. The molecule has 0 saturated carbocycles. The summed E-state index contributed by atoms with van der Waals surface area (Å²) in [7, 11) is 1.64. The van der Waals surface area contributed by atoms with Gasteiger partial charge in [-0.05, 0) is 28.8 Å². The van der Waals surface area contributed by atoms with Crippen molar-refractivity contribution in [1.29, 1.82) is 0 Å². The molecule has 2 amide bonds. The van der Waals surface area contributed by atoms with Crippen molar-refractivity contribution in [2.75, 3.05) is 20.2 Å². The molecule has 6 heteroatoms. The number of hydrogen-bond donors (Lipinski definition) is 1. The van der Waals surface area contributed by atoms with Gasteiger partial charge in [-0.25, -0.2) is 0 Å². The zero-order chi connectivity index (χ0) is 27.9. The Morgan fingerprint density at radius 1 is 0.829 bits per heavy atom. The van der Waals surface area contributed by atoms with Crippen LogP contribution in [0.25, 0.3) is 10.9 Å². The molecule has 204 valence electrons. The molecule has 1 N–H and O–H groups in total. The number of fused-ring (bicyclic) bond motifs is 4. The van der Waals surface area contributed by atoms with E-state index in [4.69, 9.17) is 4.74 Å². The van der Waals surface area contributed by atoms with Crippen LogP contribution in [0.2, 0.25) is 0 Å². The van der Waals surface area contributed by atoms with Crippen LogP contribution in [0.5, 0.6) is 5.75 Å². The highest BCUT2D eigenvalue weighted by Gasteiger charge is 2.49. The number of methoxy groups -OCH3 is 1. The second kappa shape index (κ2) is 10.3. The first-order valence-electron chi connectivity index (χ1n) is 14.1. The molecular weight excluding hydrogens is 510 g/mol. The standard InChI is InChI=1S/C35H31N3O3/c1-41-31-19-11-9-17-26(31)34-33-27(25-16-8-10-18-29(25)36-33)20-30-35(40)37(22-32(39)38(30)34)21-28(23-12-4-2-5-13-23)24-14-6-3-7-15-24/h2-19,28,30,34,36H,20-22H2,1H3. The van der Waals surface area contributed by atoms with Crippen molar-refractivity contribution in [3.05, 3.63) is 137 Å². The van der Waals surface area contributed by atoms with E-state index in [1.807, 2.05) is 78.9 Å². The van der Waals surface area contributed by atoms with Crippen molar-refractivity contribution >= 4 is 22.7 Å². The number of nitrogens with one attached hydrogen (secondary N) is 1. The molecule has 1 fully saturated rings. The van der Waals surface area contributed by atoms with E-state index in [1.54, 1.807) is 16.9 Å². The Labute approximate surface area is 239 Å². The summed E-state index contributed by atoms with van der Waals surface area (Å²) in [6, 6.07) is 35.3. The van der Waals surface area contributed by atoms with E-state index in [1.165, 1.54) is 0 Å². The van der Waals surface area contributed by atoms with E-state index in [9.17, 15) is 9.59 Å². The number of piperazine rings is 1. The van der Waals surface area contributed by atoms with Gasteiger partial charge < -0.3 is 19.5 Å². The van der Waals surface area contributed by atoms with Crippen LogP contribution in [0.1, 0.15) is 39.9 Å². The van der Waals surface area contributed by atoms with E-state index in [-0.39, 0.29) is 24.3 Å². The number of amides is 2. The van der Waals surface area contributed by atoms with Crippen LogP contribution >= 0.6 is 0 Å². The molecule has 2 unspecified atom stereocenters. The van der Waals surface area contributed by atoms with Crippen LogP contribution in [0.15, 0.2) is 109 Å². The predicted molar refractivity (Wildman–Crippen MR) is 159 cm³/mol. The fourth-order valence-electron chi connectivity index (χ4n) is 6.69. The molecule has 2 atom stereocenters. The molecule has 0 aliphatic carbocycles. The third kappa shape index (κ3) is 4.27. The molecule has 1 saturated heterocycles. The maximum absolute atomic E-state index is 14.4. The number of aromatic amines is 1. The lowest BCUT2D eigenvalue weighted by Crippen LogP contribution is -2.63. The molecular formula is C35H31N3O3. The second-order valence-corrected chi connectivity index (χ2v) is 10.8. The number of aromatic nitrogens is 1. The first-order valence-corrected chi connectivity index (χ1v) is 14.1. The smallest absolute Gasteiger partial charge is 0.246 e. The third-order valence-corrected chi connectivity index (χ3v) is 8.58. The minimum absolute atomic E-state index is 0.0164. The van der Waals surface area contributed by atoms with Crippen molar-refractivity contribution in [2.45, 2.75) is 24.4 Å². The van der Waals surface area contributed by atoms with E-state index in [0.717, 1.165) is 38.9 Å². The number of para-hydroxylation sites is 2. The van der Waals surface area contributed by atoms with Crippen LogP contribution in [0.3, 0.4) is 0 Å². The van der Waals surface area contributed by atoms with Crippen molar-refractivity contribution in [2.24, 2.45) is 0 Å². The Bertz CT molecular complexity index is 1690. The van der Waals surface area contributed by atoms with Crippen molar-refractivity contribution in [3.8, 4) is 5.75 Å². The van der Waals surface area contributed by atoms with Crippen molar-refractivity contribution in [3.63, 3.8) is 0 Å². The summed E-state index contributed by atoms with van der Waals surface area (Å²) in [5.41, 5.74) is 6.15. The zero-order valence-electron chi connectivity index (χ0n) is 22.9. The maximum Gasteiger partial charge on any atom is 0.246 e. The molecule has 3 heterocycles. The van der Waals surface area contributed by atoms with Crippen LogP contribution in [-0.2, 0) is 16.0 Å². The van der Waals surface area contributed by atoms with Crippen molar-refractivity contribution in [1.82, 2.24) is 14.8 Å². The summed E-state index contributed by atoms with van der Waals surface area (Å²) < 4.78 is 5.75. The molecule has 0 radical (unpaired) electrons. The Morgan fingerprint density at radius 2 is 1.46 bits per heavy atom. The first kappa shape index (κ1) is 25.1. The summed E-state index contributed by atoms with van der Waals surface area (Å²) in [5, 5.41) is 1.09. The van der Waals surface area contributed by atoms with Crippen LogP contribution in [0, 0.1) is 0 Å². The highest BCUT2D eigenvalue weighted by Crippen LogP contribution is 2.45. The van der Waals surface area contributed by atoms with E-state index in [0.29, 0.717) is 18.7 Å². The average molecular weight is 542 g/mol. The van der Waals surface area contributed by atoms with Gasteiger partial charge in [0.1, 0.15) is 17.8 Å². The Morgan fingerprint density at radius 3 is 2.17 bits per heavy atom. The van der Waals surface area contributed by atoms with Crippen molar-refractivity contribution < 1.29 is 14.3 Å². The average Bonchev–Trinajstić information content (AvgIpc) is 3.40. The number of benzene rings is 4. The minimum atomic E-state index is -0.606. The number of ether oxygens (including phenoxy) is 1. The molecule has 2 aliphatic rings. The van der Waals surface area contributed by atoms with Gasteiger partial charge in [0.25, 0.3) is 0 Å². The van der Waals surface area contributed by atoms with Gasteiger partial charge in [-0.3, -0.25) is 9.59 Å². The SMILES string of the molecule is COc1ccccc1C1c2[nH]c3ccccc3c2CC2C(=O)N(CC(c3ccccc3)c3ccccc3)CC(=O)N21. The number of H-pyrrole nitrogens is 1. The lowest BCUT2D eigenvalue weighted by molar-refractivity contribution is -0.158. The quantitative estimate of drug-likeness (QED) is 0.300. The summed E-state index contributed by atoms with van der Waals surface area (Å²) >= 11 is 0. The van der Waals surface area contributed by atoms with Crippen LogP contribution in [0.4, 0.5) is 0 Å². The number of hydrogen-bond acceptors (Lipinski definition) is 3. The Balaban J connectivity index is 1.31. The summed E-state index contributed by atoms with van der Waals surface area (Å²) in [6.45, 7) is 0.468. The van der Waals surface area contributed by atoms with Gasteiger partial charge in [0.2, 0.25) is 11.8 Å². The molecule has 6 nitrogen and oxygen atoms in total. The summed E-state index contributed by atoms with van der Waals surface area (Å²) in [6.07, 6.45) is 0.466. The third-order valence-electron chi connectivity index (χ3n) is 8.58. The fraction of sp³-hybridized carbons (Fsp3) is 0.200. The second-order valence-electron chi connectivity index (χ2n) is 10.8. The highest BCUT2D eigenvalue weighted by molar-refractivity contribution is 5.97. The zero-order valence-corrected chi connectivity index (χ0v) is 22.9. The van der Waals surface area contributed by atoms with Gasteiger partial charge in [0.05, 0.1) is 13.7 Å². The molecule has 1 aromatic heterocycles.